The SMILES string of the molecule is NNC(=O)c1cccc(OCCSc2ccccc2N)c1. The van der Waals surface area contributed by atoms with E-state index in [0.717, 1.165) is 16.3 Å². The number of hydrogen-bond donors (Lipinski definition) is 3. The molecule has 0 saturated carbocycles. The Labute approximate surface area is 127 Å². The van der Waals surface area contributed by atoms with Crippen LogP contribution in [0.1, 0.15) is 10.4 Å². The van der Waals surface area contributed by atoms with Gasteiger partial charge in [-0.2, -0.15) is 0 Å². The van der Waals surface area contributed by atoms with E-state index in [4.69, 9.17) is 16.3 Å². The average Bonchev–Trinajstić information content (AvgIpc) is 2.52. The van der Waals surface area contributed by atoms with Crippen LogP contribution in [0.5, 0.6) is 5.75 Å². The number of benzene rings is 2. The second-order valence-corrected chi connectivity index (χ2v) is 5.37. The number of thioether (sulfide) groups is 1. The summed E-state index contributed by atoms with van der Waals surface area (Å²) in [5.74, 6) is 6.16. The second kappa shape index (κ2) is 7.56. The minimum absolute atomic E-state index is 0.341. The Balaban J connectivity index is 1.84. The molecule has 0 aliphatic rings. The summed E-state index contributed by atoms with van der Waals surface area (Å²) in [6, 6.07) is 14.6. The van der Waals surface area contributed by atoms with Gasteiger partial charge in [0.05, 0.1) is 6.61 Å². The summed E-state index contributed by atoms with van der Waals surface area (Å²) in [5.41, 5.74) is 9.19. The summed E-state index contributed by atoms with van der Waals surface area (Å²) in [4.78, 5) is 12.4. The van der Waals surface area contributed by atoms with Crippen LogP contribution < -0.4 is 21.7 Å². The molecule has 0 saturated heterocycles. The number of amides is 1. The third-order valence-electron chi connectivity index (χ3n) is 2.76. The van der Waals surface area contributed by atoms with E-state index in [-0.39, 0.29) is 5.91 Å². The number of hydrazine groups is 1. The molecule has 0 bridgehead atoms. The molecule has 5 N–H and O–H groups in total. The minimum Gasteiger partial charge on any atom is -0.493 e. The Bertz CT molecular complexity index is 619. The van der Waals surface area contributed by atoms with E-state index >= 15 is 0 Å². The van der Waals surface area contributed by atoms with Crippen molar-refractivity contribution in [3.05, 3.63) is 54.1 Å². The van der Waals surface area contributed by atoms with Crippen LogP contribution in [0, 0.1) is 0 Å². The molecule has 2 aromatic carbocycles. The van der Waals surface area contributed by atoms with Gasteiger partial charge in [0.25, 0.3) is 5.91 Å². The van der Waals surface area contributed by atoms with Crippen LogP contribution in [0.15, 0.2) is 53.4 Å². The molecule has 2 aromatic rings. The largest absolute Gasteiger partial charge is 0.493 e. The first-order valence-electron chi connectivity index (χ1n) is 6.42. The average molecular weight is 303 g/mol. The number of para-hydroxylation sites is 1. The first kappa shape index (κ1) is 15.2. The van der Waals surface area contributed by atoms with Gasteiger partial charge in [-0.3, -0.25) is 10.2 Å². The fourth-order valence-corrected chi connectivity index (χ4v) is 2.53. The third kappa shape index (κ3) is 4.40. The Morgan fingerprint density at radius 3 is 2.76 bits per heavy atom. The maximum Gasteiger partial charge on any atom is 0.265 e. The lowest BCUT2D eigenvalue weighted by atomic mass is 10.2. The standard InChI is InChI=1S/C15H17N3O2S/c16-13-6-1-2-7-14(13)21-9-8-20-12-5-3-4-11(10-12)15(19)18-17/h1-7,10H,8-9,16-17H2,(H,18,19). The molecule has 110 valence electrons. The topological polar surface area (TPSA) is 90.4 Å². The second-order valence-electron chi connectivity index (χ2n) is 4.24. The van der Waals surface area contributed by atoms with Gasteiger partial charge < -0.3 is 10.5 Å². The van der Waals surface area contributed by atoms with Crippen LogP contribution in [0.25, 0.3) is 0 Å². The van der Waals surface area contributed by atoms with E-state index in [1.807, 2.05) is 24.3 Å². The van der Waals surface area contributed by atoms with Crippen molar-refractivity contribution in [2.45, 2.75) is 4.90 Å². The van der Waals surface area contributed by atoms with Crippen LogP contribution in [0.4, 0.5) is 5.69 Å². The van der Waals surface area contributed by atoms with E-state index in [1.165, 1.54) is 0 Å². The number of nitrogens with two attached hydrogens (primary N) is 2. The molecule has 5 nitrogen and oxygen atoms in total. The monoisotopic (exact) mass is 303 g/mol. The maximum atomic E-state index is 11.4. The zero-order valence-electron chi connectivity index (χ0n) is 11.4. The van der Waals surface area contributed by atoms with Gasteiger partial charge in [0.2, 0.25) is 0 Å². The highest BCUT2D eigenvalue weighted by atomic mass is 32.2. The van der Waals surface area contributed by atoms with E-state index in [1.54, 1.807) is 36.0 Å². The molecule has 2 rings (SSSR count). The Morgan fingerprint density at radius 2 is 2.00 bits per heavy atom. The van der Waals surface area contributed by atoms with Gasteiger partial charge in [-0.15, -0.1) is 11.8 Å². The number of nitrogen functional groups attached to an aromatic ring is 2. The molecule has 0 spiro atoms. The Morgan fingerprint density at radius 1 is 1.19 bits per heavy atom. The Kier molecular flexibility index (Phi) is 5.48. The molecule has 6 heteroatoms. The number of ether oxygens (including phenoxy) is 1. The van der Waals surface area contributed by atoms with Crippen molar-refractivity contribution < 1.29 is 9.53 Å². The molecule has 1 amide bonds. The Hall–Kier alpha value is -2.18. The van der Waals surface area contributed by atoms with Crippen LogP contribution in [0.2, 0.25) is 0 Å². The molecule has 0 aliphatic heterocycles. The fraction of sp³-hybridized carbons (Fsp3) is 0.133. The highest BCUT2D eigenvalue weighted by Crippen LogP contribution is 2.24. The molecule has 0 heterocycles. The van der Waals surface area contributed by atoms with Crippen molar-refractivity contribution >= 4 is 23.4 Å². The van der Waals surface area contributed by atoms with Gasteiger partial charge >= 0.3 is 0 Å². The van der Waals surface area contributed by atoms with Crippen molar-refractivity contribution in [3.8, 4) is 5.75 Å². The van der Waals surface area contributed by atoms with Crippen molar-refractivity contribution in [1.29, 1.82) is 0 Å². The predicted octanol–water partition coefficient (Wildman–Crippen LogP) is 2.04. The highest BCUT2D eigenvalue weighted by Gasteiger charge is 2.04. The quantitative estimate of drug-likeness (QED) is 0.190. The highest BCUT2D eigenvalue weighted by molar-refractivity contribution is 7.99. The number of hydrogen-bond acceptors (Lipinski definition) is 5. The number of anilines is 1. The van der Waals surface area contributed by atoms with E-state index in [0.29, 0.717) is 17.9 Å². The first-order chi connectivity index (χ1) is 10.2. The maximum absolute atomic E-state index is 11.4. The lowest BCUT2D eigenvalue weighted by Gasteiger charge is -2.08. The number of nitrogens with one attached hydrogen (secondary N) is 1. The summed E-state index contributed by atoms with van der Waals surface area (Å²) in [7, 11) is 0. The van der Waals surface area contributed by atoms with Crippen LogP contribution in [-0.2, 0) is 0 Å². The number of carbonyl (C=O) groups excluding carboxylic acids is 1. The predicted molar refractivity (Wildman–Crippen MR) is 85.2 cm³/mol. The summed E-state index contributed by atoms with van der Waals surface area (Å²) >= 11 is 1.63. The number of rotatable bonds is 6. The van der Waals surface area contributed by atoms with E-state index < -0.39 is 0 Å². The van der Waals surface area contributed by atoms with Gasteiger partial charge in [0.1, 0.15) is 5.75 Å². The van der Waals surface area contributed by atoms with Crippen LogP contribution in [-0.4, -0.2) is 18.3 Å². The molecule has 21 heavy (non-hydrogen) atoms. The van der Waals surface area contributed by atoms with Crippen molar-refractivity contribution in [3.63, 3.8) is 0 Å². The molecular formula is C15H17N3O2S. The third-order valence-corrected chi connectivity index (χ3v) is 3.81. The molecule has 0 fully saturated rings. The normalized spacial score (nSPS) is 10.1. The fourth-order valence-electron chi connectivity index (χ4n) is 1.73. The van der Waals surface area contributed by atoms with E-state index in [2.05, 4.69) is 5.43 Å². The molecule has 0 atom stereocenters. The molecule has 0 aliphatic carbocycles. The molecule has 0 radical (unpaired) electrons. The van der Waals surface area contributed by atoms with Crippen molar-refractivity contribution in [2.24, 2.45) is 5.84 Å². The summed E-state index contributed by atoms with van der Waals surface area (Å²) in [6.45, 7) is 0.521. The lowest BCUT2D eigenvalue weighted by molar-refractivity contribution is 0.0953. The molecular weight excluding hydrogens is 286 g/mol. The minimum atomic E-state index is -0.341. The van der Waals surface area contributed by atoms with Gasteiger partial charge in [-0.1, -0.05) is 18.2 Å². The lowest BCUT2D eigenvalue weighted by Crippen LogP contribution is -2.29. The summed E-state index contributed by atoms with van der Waals surface area (Å²) < 4.78 is 5.62. The van der Waals surface area contributed by atoms with Gasteiger partial charge in [0.15, 0.2) is 0 Å². The zero-order valence-corrected chi connectivity index (χ0v) is 12.2. The summed E-state index contributed by atoms with van der Waals surface area (Å²) in [6.07, 6.45) is 0. The first-order valence-corrected chi connectivity index (χ1v) is 7.40. The summed E-state index contributed by atoms with van der Waals surface area (Å²) in [5, 5.41) is 0. The number of carbonyl (C=O) groups is 1. The van der Waals surface area contributed by atoms with Gasteiger partial charge in [-0.05, 0) is 30.3 Å². The van der Waals surface area contributed by atoms with Gasteiger partial charge in [-0.25, -0.2) is 5.84 Å². The van der Waals surface area contributed by atoms with Gasteiger partial charge in [0, 0.05) is 21.9 Å². The van der Waals surface area contributed by atoms with Crippen molar-refractivity contribution in [1.82, 2.24) is 5.43 Å². The van der Waals surface area contributed by atoms with Crippen molar-refractivity contribution in [2.75, 3.05) is 18.1 Å². The van der Waals surface area contributed by atoms with E-state index in [9.17, 15) is 4.79 Å². The van der Waals surface area contributed by atoms with Crippen LogP contribution >= 0.6 is 11.8 Å². The molecule has 0 unspecified atom stereocenters. The van der Waals surface area contributed by atoms with Crippen LogP contribution in [0.3, 0.4) is 0 Å². The zero-order chi connectivity index (χ0) is 15.1. The molecule has 0 aromatic heterocycles. The smallest absolute Gasteiger partial charge is 0.265 e.